The molecule has 156 valence electrons. The van der Waals surface area contributed by atoms with Crippen molar-refractivity contribution in [3.63, 3.8) is 0 Å². The zero-order chi connectivity index (χ0) is 21.1. The largest absolute Gasteiger partial charge is 0.507 e. The number of aromatic hydroxyl groups is 1. The van der Waals surface area contributed by atoms with E-state index < -0.39 is 0 Å². The van der Waals surface area contributed by atoms with E-state index in [9.17, 15) is 9.90 Å². The van der Waals surface area contributed by atoms with E-state index in [-0.39, 0.29) is 36.4 Å². The molecule has 0 saturated heterocycles. The summed E-state index contributed by atoms with van der Waals surface area (Å²) in [5.74, 6) is 0.183. The van der Waals surface area contributed by atoms with Crippen molar-refractivity contribution in [3.05, 3.63) is 40.5 Å². The molecule has 0 spiro atoms. The van der Waals surface area contributed by atoms with Gasteiger partial charge in [-0.15, -0.1) is 0 Å². The number of methoxy groups -OCH3 is 2. The van der Waals surface area contributed by atoms with E-state index in [0.717, 1.165) is 12.8 Å². The Morgan fingerprint density at radius 1 is 1.00 bits per heavy atom. The van der Waals surface area contributed by atoms with Gasteiger partial charge in [0.25, 0.3) is 0 Å². The first-order valence-electron chi connectivity index (χ1n) is 9.24. The van der Waals surface area contributed by atoms with Gasteiger partial charge in [0.15, 0.2) is 19.4 Å². The third kappa shape index (κ3) is 7.37. The van der Waals surface area contributed by atoms with Crippen LogP contribution in [0, 0.1) is 0 Å². The standard InChI is InChI=1S/C22H32O6/c1-15(2)8-7-9-16(3)10-11-18-19(27-13-25-5)12-20(28-14-26-6)21(17(4)23)22(18)24/h8,10,12,24H,7,9,11,13-14H2,1-6H3/b16-10+. The molecule has 0 fully saturated rings. The Labute approximate surface area is 167 Å². The smallest absolute Gasteiger partial charge is 0.188 e. The second kappa shape index (κ2) is 12.2. The third-order valence-electron chi connectivity index (χ3n) is 4.09. The molecule has 6 heteroatoms. The average Bonchev–Trinajstić information content (AvgIpc) is 2.62. The summed E-state index contributed by atoms with van der Waals surface area (Å²) in [7, 11) is 2.99. The van der Waals surface area contributed by atoms with E-state index in [1.807, 2.05) is 13.0 Å². The van der Waals surface area contributed by atoms with Crippen molar-refractivity contribution in [1.82, 2.24) is 0 Å². The van der Waals surface area contributed by atoms with Crippen molar-refractivity contribution >= 4 is 5.78 Å². The van der Waals surface area contributed by atoms with Crippen LogP contribution >= 0.6 is 0 Å². The number of carbonyl (C=O) groups excluding carboxylic acids is 1. The molecule has 0 aromatic heterocycles. The Hall–Kier alpha value is -2.31. The molecular formula is C22H32O6. The fourth-order valence-corrected chi connectivity index (χ4v) is 2.65. The number of ether oxygens (including phenoxy) is 4. The molecule has 0 heterocycles. The van der Waals surface area contributed by atoms with Gasteiger partial charge in [0.2, 0.25) is 0 Å². The minimum Gasteiger partial charge on any atom is -0.507 e. The lowest BCUT2D eigenvalue weighted by Crippen LogP contribution is -2.08. The highest BCUT2D eigenvalue weighted by Crippen LogP contribution is 2.39. The molecule has 0 saturated carbocycles. The number of rotatable bonds is 12. The summed E-state index contributed by atoms with van der Waals surface area (Å²) in [4.78, 5) is 12.1. The molecule has 6 nitrogen and oxygen atoms in total. The van der Waals surface area contributed by atoms with Gasteiger partial charge in [0.05, 0.1) is 0 Å². The number of hydrogen-bond donors (Lipinski definition) is 1. The van der Waals surface area contributed by atoms with Crippen molar-refractivity contribution in [3.8, 4) is 17.2 Å². The lowest BCUT2D eigenvalue weighted by molar-refractivity contribution is 0.0448. The number of allylic oxidation sites excluding steroid dienone is 4. The molecule has 1 N–H and O–H groups in total. The highest BCUT2D eigenvalue weighted by Gasteiger charge is 2.22. The zero-order valence-corrected chi connectivity index (χ0v) is 17.8. The van der Waals surface area contributed by atoms with Crippen molar-refractivity contribution in [2.24, 2.45) is 0 Å². The Kier molecular flexibility index (Phi) is 10.3. The monoisotopic (exact) mass is 392 g/mol. The lowest BCUT2D eigenvalue weighted by atomic mass is 9.99. The molecule has 0 unspecified atom stereocenters. The molecule has 0 aliphatic rings. The predicted molar refractivity (Wildman–Crippen MR) is 109 cm³/mol. The van der Waals surface area contributed by atoms with E-state index in [4.69, 9.17) is 18.9 Å². The van der Waals surface area contributed by atoms with Crippen LogP contribution < -0.4 is 9.47 Å². The topological polar surface area (TPSA) is 74.2 Å². The Bertz CT molecular complexity index is 714. The van der Waals surface area contributed by atoms with E-state index >= 15 is 0 Å². The molecule has 0 radical (unpaired) electrons. The van der Waals surface area contributed by atoms with E-state index in [2.05, 4.69) is 19.9 Å². The van der Waals surface area contributed by atoms with Gasteiger partial charge in [-0.1, -0.05) is 23.3 Å². The number of Topliss-reactive ketones (excluding diaryl/α,β-unsaturated/α-hetero) is 1. The highest BCUT2D eigenvalue weighted by molar-refractivity contribution is 6.00. The summed E-state index contributed by atoms with van der Waals surface area (Å²) >= 11 is 0. The zero-order valence-electron chi connectivity index (χ0n) is 17.8. The van der Waals surface area contributed by atoms with Crippen LogP contribution in [0.1, 0.15) is 56.5 Å². The van der Waals surface area contributed by atoms with Crippen LogP contribution in [0.3, 0.4) is 0 Å². The summed E-state index contributed by atoms with van der Waals surface area (Å²) in [6.45, 7) is 7.55. The SMILES string of the molecule is COCOc1cc(OCOC)c(C(C)=O)c(O)c1C/C=C(\C)CCC=C(C)C. The van der Waals surface area contributed by atoms with Crippen LogP contribution in [0.4, 0.5) is 0 Å². The Morgan fingerprint density at radius 3 is 2.14 bits per heavy atom. The molecule has 0 bridgehead atoms. The predicted octanol–water partition coefficient (Wildman–Crippen LogP) is 4.80. The van der Waals surface area contributed by atoms with Crippen LogP contribution in [0.25, 0.3) is 0 Å². The first-order chi connectivity index (χ1) is 13.3. The molecule has 0 aliphatic carbocycles. The quantitative estimate of drug-likeness (QED) is 0.313. The first-order valence-corrected chi connectivity index (χ1v) is 9.24. The summed E-state index contributed by atoms with van der Waals surface area (Å²) in [6, 6.07) is 1.59. The van der Waals surface area contributed by atoms with Crippen molar-refractivity contribution in [1.29, 1.82) is 0 Å². The summed E-state index contributed by atoms with van der Waals surface area (Å²) in [6.07, 6.45) is 6.54. The van der Waals surface area contributed by atoms with Crippen molar-refractivity contribution in [2.75, 3.05) is 27.8 Å². The molecule has 0 atom stereocenters. The number of ketones is 1. The Balaban J connectivity index is 3.24. The van der Waals surface area contributed by atoms with E-state index in [1.165, 1.54) is 32.3 Å². The number of carbonyl (C=O) groups is 1. The molecular weight excluding hydrogens is 360 g/mol. The maximum absolute atomic E-state index is 12.1. The summed E-state index contributed by atoms with van der Waals surface area (Å²) < 4.78 is 21.0. The molecule has 28 heavy (non-hydrogen) atoms. The van der Waals surface area contributed by atoms with Gasteiger partial charge in [-0.05, 0) is 47.0 Å². The van der Waals surface area contributed by atoms with Crippen LogP contribution in [-0.2, 0) is 15.9 Å². The second-order valence-electron chi connectivity index (χ2n) is 6.81. The second-order valence-corrected chi connectivity index (χ2v) is 6.81. The number of phenolic OH excluding ortho intramolecular Hbond substituents is 1. The fraction of sp³-hybridized carbons (Fsp3) is 0.500. The normalized spacial score (nSPS) is 11.3. The van der Waals surface area contributed by atoms with Gasteiger partial charge in [0.1, 0.15) is 22.8 Å². The molecule has 0 amide bonds. The van der Waals surface area contributed by atoms with Gasteiger partial charge in [-0.25, -0.2) is 0 Å². The van der Waals surface area contributed by atoms with Crippen LogP contribution in [-0.4, -0.2) is 38.7 Å². The van der Waals surface area contributed by atoms with E-state index in [1.54, 1.807) is 6.07 Å². The average molecular weight is 392 g/mol. The molecule has 0 aliphatic heterocycles. The summed E-state index contributed by atoms with van der Waals surface area (Å²) in [5, 5.41) is 10.8. The minimum absolute atomic E-state index is 0.0127. The van der Waals surface area contributed by atoms with Crippen LogP contribution in [0.5, 0.6) is 17.2 Å². The van der Waals surface area contributed by atoms with Crippen LogP contribution in [0.2, 0.25) is 0 Å². The number of phenols is 1. The van der Waals surface area contributed by atoms with Gasteiger partial charge in [0, 0.05) is 25.8 Å². The maximum Gasteiger partial charge on any atom is 0.188 e. The Morgan fingerprint density at radius 2 is 1.61 bits per heavy atom. The fourth-order valence-electron chi connectivity index (χ4n) is 2.65. The summed E-state index contributed by atoms with van der Waals surface area (Å²) in [5.41, 5.74) is 3.12. The van der Waals surface area contributed by atoms with Gasteiger partial charge < -0.3 is 24.1 Å². The molecule has 1 rings (SSSR count). The molecule has 1 aromatic carbocycles. The van der Waals surface area contributed by atoms with Gasteiger partial charge in [-0.2, -0.15) is 0 Å². The van der Waals surface area contributed by atoms with Crippen LogP contribution in [0.15, 0.2) is 29.4 Å². The number of benzene rings is 1. The highest BCUT2D eigenvalue weighted by atomic mass is 16.7. The van der Waals surface area contributed by atoms with Gasteiger partial charge in [-0.3, -0.25) is 4.79 Å². The maximum atomic E-state index is 12.1. The number of hydrogen-bond acceptors (Lipinski definition) is 6. The van der Waals surface area contributed by atoms with E-state index in [0.29, 0.717) is 17.7 Å². The third-order valence-corrected chi connectivity index (χ3v) is 4.09. The molecule has 1 aromatic rings. The first kappa shape index (κ1) is 23.7. The van der Waals surface area contributed by atoms with Crippen molar-refractivity contribution < 1.29 is 28.8 Å². The van der Waals surface area contributed by atoms with Crippen molar-refractivity contribution in [2.45, 2.75) is 47.0 Å². The lowest BCUT2D eigenvalue weighted by Gasteiger charge is -2.18. The van der Waals surface area contributed by atoms with Gasteiger partial charge >= 0.3 is 0 Å². The minimum atomic E-state index is -0.299.